The lowest BCUT2D eigenvalue weighted by Crippen LogP contribution is -2.59. The Balaban J connectivity index is 1.15. The molecule has 5 rings (SSSR count). The number of likely N-dealkylation sites (tertiary alicyclic amines) is 1. The number of nitrogens with zero attached hydrogens (tertiary/aromatic N) is 5. The van der Waals surface area contributed by atoms with Gasteiger partial charge in [0.25, 0.3) is 0 Å². The van der Waals surface area contributed by atoms with E-state index in [9.17, 15) is 27.9 Å². The maximum atomic E-state index is 13.4. The van der Waals surface area contributed by atoms with E-state index in [2.05, 4.69) is 10.3 Å². The average molecular weight is 511 g/mol. The third-order valence-electron chi connectivity index (χ3n) is 7.90. The number of anilines is 1. The predicted octanol–water partition coefficient (Wildman–Crippen LogP) is 2.50. The molecular weight excluding hydrogens is 477 g/mol. The molecule has 0 saturated carbocycles. The molecule has 198 valence electrons. The van der Waals surface area contributed by atoms with Crippen LogP contribution in [0.25, 0.3) is 0 Å². The van der Waals surface area contributed by atoms with Crippen LogP contribution in [0.15, 0.2) is 18.3 Å². The number of nitrogens with one attached hydrogen (secondary N) is 1. The Morgan fingerprint density at radius 3 is 2.36 bits per heavy atom. The van der Waals surface area contributed by atoms with Gasteiger partial charge in [0.05, 0.1) is 11.7 Å². The number of amides is 4. The second kappa shape index (κ2) is 9.95. The van der Waals surface area contributed by atoms with E-state index >= 15 is 0 Å². The number of halogens is 3. The third kappa shape index (κ3) is 5.05. The van der Waals surface area contributed by atoms with E-state index in [1.54, 1.807) is 14.7 Å². The molecule has 0 radical (unpaired) electrons. The Bertz CT molecular complexity index is 957. The van der Waals surface area contributed by atoms with Gasteiger partial charge in [0.1, 0.15) is 5.82 Å². The highest BCUT2D eigenvalue weighted by Crippen LogP contribution is 2.36. The summed E-state index contributed by atoms with van der Waals surface area (Å²) >= 11 is 0. The van der Waals surface area contributed by atoms with Crippen LogP contribution in [-0.4, -0.2) is 100 Å². The van der Waals surface area contributed by atoms with E-state index in [4.69, 9.17) is 0 Å². The van der Waals surface area contributed by atoms with Crippen LogP contribution in [-0.2, 0) is 6.18 Å². The van der Waals surface area contributed by atoms with Crippen molar-refractivity contribution < 1.29 is 27.9 Å². The smallest absolute Gasteiger partial charge is 0.393 e. The first-order valence-corrected chi connectivity index (χ1v) is 12.8. The van der Waals surface area contributed by atoms with Gasteiger partial charge in [0.15, 0.2) is 0 Å². The number of carbonyl (C=O) groups excluding carboxylic acids is 2. The molecule has 4 saturated heterocycles. The van der Waals surface area contributed by atoms with Gasteiger partial charge in [-0.15, -0.1) is 0 Å². The quantitative estimate of drug-likeness (QED) is 0.638. The second-order valence-corrected chi connectivity index (χ2v) is 10.3. The number of aliphatic hydroxyl groups is 1. The lowest BCUT2D eigenvalue weighted by molar-refractivity contribution is -0.137. The van der Waals surface area contributed by atoms with Crippen molar-refractivity contribution in [2.45, 2.75) is 68.9 Å². The van der Waals surface area contributed by atoms with Crippen molar-refractivity contribution in [2.75, 3.05) is 44.2 Å². The molecule has 4 amide bonds. The van der Waals surface area contributed by atoms with Gasteiger partial charge in [0, 0.05) is 63.6 Å². The minimum Gasteiger partial charge on any atom is -0.393 e. The number of aliphatic hydroxyl groups excluding tert-OH is 1. The average Bonchev–Trinajstić information content (AvgIpc) is 3.14. The van der Waals surface area contributed by atoms with Crippen LogP contribution in [0, 0.1) is 0 Å². The van der Waals surface area contributed by atoms with Crippen molar-refractivity contribution in [1.82, 2.24) is 25.0 Å². The number of fused-ring (bicyclic) bond motifs is 2. The van der Waals surface area contributed by atoms with Crippen LogP contribution < -0.4 is 10.2 Å². The van der Waals surface area contributed by atoms with E-state index in [-0.39, 0.29) is 55.2 Å². The van der Waals surface area contributed by atoms with Crippen molar-refractivity contribution in [3.63, 3.8) is 0 Å². The summed E-state index contributed by atoms with van der Waals surface area (Å²) in [4.78, 5) is 37.0. The fourth-order valence-corrected chi connectivity index (χ4v) is 6.18. The first-order valence-electron chi connectivity index (χ1n) is 12.8. The van der Waals surface area contributed by atoms with Crippen molar-refractivity contribution >= 4 is 17.9 Å². The number of rotatable bonds is 2. The van der Waals surface area contributed by atoms with Gasteiger partial charge >= 0.3 is 18.2 Å². The predicted molar refractivity (Wildman–Crippen MR) is 125 cm³/mol. The van der Waals surface area contributed by atoms with E-state index in [1.807, 2.05) is 4.90 Å². The lowest BCUT2D eigenvalue weighted by Gasteiger charge is -2.42. The molecule has 0 aliphatic carbocycles. The first-order chi connectivity index (χ1) is 17.2. The van der Waals surface area contributed by atoms with E-state index in [0.29, 0.717) is 39.0 Å². The molecule has 2 N–H and O–H groups in total. The lowest BCUT2D eigenvalue weighted by atomic mass is 10.0. The molecule has 1 aromatic rings. The van der Waals surface area contributed by atoms with Crippen molar-refractivity contribution in [3.8, 4) is 0 Å². The van der Waals surface area contributed by atoms with Gasteiger partial charge in [-0.1, -0.05) is 0 Å². The Morgan fingerprint density at radius 1 is 1.00 bits per heavy atom. The molecule has 5 heterocycles. The Morgan fingerprint density at radius 2 is 1.69 bits per heavy atom. The van der Waals surface area contributed by atoms with Crippen molar-refractivity contribution in [1.29, 1.82) is 0 Å². The molecule has 12 heteroatoms. The fraction of sp³-hybridized carbons (Fsp3) is 0.708. The Labute approximate surface area is 208 Å². The minimum absolute atomic E-state index is 0.0772. The van der Waals surface area contributed by atoms with E-state index in [0.717, 1.165) is 31.7 Å². The maximum Gasteiger partial charge on any atom is 0.419 e. The highest BCUT2D eigenvalue weighted by atomic mass is 19.4. The monoisotopic (exact) mass is 510 g/mol. The van der Waals surface area contributed by atoms with Crippen LogP contribution in [0.5, 0.6) is 0 Å². The summed E-state index contributed by atoms with van der Waals surface area (Å²) in [5, 5.41) is 13.1. The van der Waals surface area contributed by atoms with Gasteiger partial charge in [0.2, 0.25) is 0 Å². The number of urea groups is 2. The summed E-state index contributed by atoms with van der Waals surface area (Å²) in [5.41, 5.74) is -0.768. The molecule has 0 aromatic carbocycles. The number of aromatic nitrogens is 1. The maximum absolute atomic E-state index is 13.4. The van der Waals surface area contributed by atoms with E-state index in [1.165, 1.54) is 12.3 Å². The summed E-state index contributed by atoms with van der Waals surface area (Å²) in [6, 6.07) is 2.05. The summed E-state index contributed by atoms with van der Waals surface area (Å²) in [6.45, 7) is 2.15. The van der Waals surface area contributed by atoms with Crippen LogP contribution in [0.3, 0.4) is 0 Å². The van der Waals surface area contributed by atoms with Gasteiger partial charge in [-0.05, 0) is 50.7 Å². The molecule has 2 bridgehead atoms. The third-order valence-corrected chi connectivity index (χ3v) is 7.90. The SMILES string of the molecule is O=C(N1CCN(c2ncccc2C(F)(F)F)CC1)N1CCC[C@H](NC(=O)N2[C@@H]3CC[C@H]2C[C@@H](O)C3)C1. The summed E-state index contributed by atoms with van der Waals surface area (Å²) in [5.74, 6) is -0.1000. The van der Waals surface area contributed by atoms with Crippen LogP contribution >= 0.6 is 0 Å². The molecular formula is C24H33F3N6O3. The van der Waals surface area contributed by atoms with Gasteiger partial charge in [-0.3, -0.25) is 0 Å². The fourth-order valence-electron chi connectivity index (χ4n) is 6.18. The molecule has 4 aliphatic heterocycles. The van der Waals surface area contributed by atoms with Crippen LogP contribution in [0.2, 0.25) is 0 Å². The van der Waals surface area contributed by atoms with Gasteiger partial charge < -0.3 is 30.0 Å². The van der Waals surface area contributed by atoms with E-state index < -0.39 is 11.7 Å². The van der Waals surface area contributed by atoms with Crippen LogP contribution in [0.4, 0.5) is 28.6 Å². The normalized spacial score (nSPS) is 28.9. The van der Waals surface area contributed by atoms with Crippen LogP contribution in [0.1, 0.15) is 44.1 Å². The number of piperidine rings is 2. The number of carbonyl (C=O) groups is 2. The zero-order chi connectivity index (χ0) is 25.4. The largest absolute Gasteiger partial charge is 0.419 e. The highest BCUT2D eigenvalue weighted by Gasteiger charge is 2.43. The van der Waals surface area contributed by atoms with Gasteiger partial charge in [-0.25, -0.2) is 14.6 Å². The summed E-state index contributed by atoms with van der Waals surface area (Å²) in [7, 11) is 0. The van der Waals surface area contributed by atoms with Gasteiger partial charge in [-0.2, -0.15) is 13.2 Å². The Kier molecular flexibility index (Phi) is 6.88. The zero-order valence-electron chi connectivity index (χ0n) is 20.2. The summed E-state index contributed by atoms with van der Waals surface area (Å²) < 4.78 is 40.1. The number of piperazine rings is 1. The summed E-state index contributed by atoms with van der Waals surface area (Å²) in [6.07, 6.45) is 1.15. The van der Waals surface area contributed by atoms with Crippen molar-refractivity contribution in [3.05, 3.63) is 23.9 Å². The molecule has 4 aliphatic rings. The molecule has 0 spiro atoms. The molecule has 9 nitrogen and oxygen atoms in total. The minimum atomic E-state index is -4.49. The topological polar surface area (TPSA) is 92.2 Å². The molecule has 36 heavy (non-hydrogen) atoms. The number of hydrogen-bond acceptors (Lipinski definition) is 5. The molecule has 0 unspecified atom stereocenters. The molecule has 4 fully saturated rings. The second-order valence-electron chi connectivity index (χ2n) is 10.3. The zero-order valence-corrected chi connectivity index (χ0v) is 20.2. The van der Waals surface area contributed by atoms with Crippen molar-refractivity contribution in [2.24, 2.45) is 0 Å². The molecule has 4 atom stereocenters. The standard InChI is InChI=1S/C24H33F3N6O3/c25-24(26,27)20-4-1-7-28-21(20)30-9-11-31(12-10-30)23(36)32-8-2-3-16(15-32)29-22(35)33-17-5-6-18(33)14-19(34)13-17/h1,4,7,16-19,34H,2-3,5-6,8-15H2,(H,29,35)/t16-,17-,18+,19+/m0/s1. The number of pyridine rings is 1. The Hall–Kier alpha value is -2.76. The number of alkyl halides is 3. The first kappa shape index (κ1) is 24.9. The highest BCUT2D eigenvalue weighted by molar-refractivity contribution is 5.77. The molecule has 1 aromatic heterocycles. The number of hydrogen-bond donors (Lipinski definition) is 2.